The Morgan fingerprint density at radius 3 is 2.50 bits per heavy atom. The van der Waals surface area contributed by atoms with Crippen LogP contribution in [-0.2, 0) is 16.0 Å². The molecule has 0 bridgehead atoms. The highest BCUT2D eigenvalue weighted by molar-refractivity contribution is 6.34. The van der Waals surface area contributed by atoms with E-state index >= 15 is 0 Å². The van der Waals surface area contributed by atoms with Gasteiger partial charge in [-0.2, -0.15) is 0 Å². The Bertz CT molecular complexity index is 446. The second kappa shape index (κ2) is 8.59. The lowest BCUT2D eigenvalue weighted by Crippen LogP contribution is -2.42. The summed E-state index contributed by atoms with van der Waals surface area (Å²) >= 11 is 5.79. The standard InChI is InChI=1S/C15H21ClN2O2/c1-3-4-11-18(2)15(20)14(19)17-10-9-12-5-7-13(16)8-6-12/h5-8H,3-4,9-11H2,1-2H3,(H,17,19). The lowest BCUT2D eigenvalue weighted by atomic mass is 10.1. The molecule has 0 saturated carbocycles. The van der Waals surface area contributed by atoms with E-state index < -0.39 is 11.8 Å². The Labute approximate surface area is 125 Å². The summed E-state index contributed by atoms with van der Waals surface area (Å²) in [6.45, 7) is 3.10. The first-order valence-corrected chi connectivity index (χ1v) is 7.20. The minimum Gasteiger partial charge on any atom is -0.347 e. The molecule has 2 amide bonds. The normalized spacial score (nSPS) is 10.2. The molecule has 0 unspecified atom stereocenters. The number of carbonyl (C=O) groups excluding carboxylic acids is 2. The SMILES string of the molecule is CCCCN(C)C(=O)C(=O)NCCc1ccc(Cl)cc1. The van der Waals surface area contributed by atoms with Crippen molar-refractivity contribution in [1.82, 2.24) is 10.2 Å². The van der Waals surface area contributed by atoms with Crippen molar-refractivity contribution in [3.63, 3.8) is 0 Å². The number of carbonyl (C=O) groups is 2. The van der Waals surface area contributed by atoms with Crippen LogP contribution in [0, 0.1) is 0 Å². The van der Waals surface area contributed by atoms with Crippen molar-refractivity contribution in [3.8, 4) is 0 Å². The summed E-state index contributed by atoms with van der Waals surface area (Å²) in [6, 6.07) is 7.43. The van der Waals surface area contributed by atoms with E-state index in [0.29, 0.717) is 24.5 Å². The van der Waals surface area contributed by atoms with Crippen molar-refractivity contribution < 1.29 is 9.59 Å². The average molecular weight is 297 g/mol. The molecule has 0 heterocycles. The summed E-state index contributed by atoms with van der Waals surface area (Å²) < 4.78 is 0. The smallest absolute Gasteiger partial charge is 0.311 e. The second-order valence-corrected chi connectivity index (χ2v) is 5.15. The van der Waals surface area contributed by atoms with Gasteiger partial charge in [0.25, 0.3) is 0 Å². The van der Waals surface area contributed by atoms with Crippen LogP contribution >= 0.6 is 11.6 Å². The highest BCUT2D eigenvalue weighted by Crippen LogP contribution is 2.09. The van der Waals surface area contributed by atoms with Gasteiger partial charge in [-0.3, -0.25) is 9.59 Å². The van der Waals surface area contributed by atoms with Gasteiger partial charge in [0.1, 0.15) is 0 Å². The van der Waals surface area contributed by atoms with Gasteiger partial charge in [0, 0.05) is 25.2 Å². The van der Waals surface area contributed by atoms with Crippen molar-refractivity contribution in [3.05, 3.63) is 34.9 Å². The molecule has 110 valence electrons. The fourth-order valence-corrected chi connectivity index (χ4v) is 1.84. The third-order valence-electron chi connectivity index (χ3n) is 3.00. The fraction of sp³-hybridized carbons (Fsp3) is 0.467. The summed E-state index contributed by atoms with van der Waals surface area (Å²) in [5, 5.41) is 3.33. The van der Waals surface area contributed by atoms with Crippen molar-refractivity contribution in [1.29, 1.82) is 0 Å². The molecule has 1 aromatic rings. The number of hydrogen-bond donors (Lipinski definition) is 1. The highest BCUT2D eigenvalue weighted by atomic mass is 35.5. The maximum absolute atomic E-state index is 11.7. The number of nitrogens with one attached hydrogen (secondary N) is 1. The molecule has 0 atom stereocenters. The van der Waals surface area contributed by atoms with Crippen LogP contribution in [0.15, 0.2) is 24.3 Å². The Kier molecular flexibility index (Phi) is 7.09. The zero-order valence-corrected chi connectivity index (χ0v) is 12.7. The van der Waals surface area contributed by atoms with Gasteiger partial charge in [-0.1, -0.05) is 37.1 Å². The number of unbranched alkanes of at least 4 members (excludes halogenated alkanes) is 1. The molecule has 0 radical (unpaired) electrons. The number of rotatable bonds is 6. The van der Waals surface area contributed by atoms with Gasteiger partial charge < -0.3 is 10.2 Å². The highest BCUT2D eigenvalue weighted by Gasteiger charge is 2.17. The predicted molar refractivity (Wildman–Crippen MR) is 80.7 cm³/mol. The van der Waals surface area contributed by atoms with Crippen molar-refractivity contribution in [2.75, 3.05) is 20.1 Å². The fourth-order valence-electron chi connectivity index (χ4n) is 1.72. The first kappa shape index (κ1) is 16.5. The molecule has 0 saturated heterocycles. The summed E-state index contributed by atoms with van der Waals surface area (Å²) in [4.78, 5) is 24.9. The first-order valence-electron chi connectivity index (χ1n) is 6.82. The molecule has 1 N–H and O–H groups in total. The van der Waals surface area contributed by atoms with E-state index in [9.17, 15) is 9.59 Å². The Balaban J connectivity index is 2.32. The number of hydrogen-bond acceptors (Lipinski definition) is 2. The minimum atomic E-state index is -0.544. The summed E-state index contributed by atoms with van der Waals surface area (Å²) in [6.07, 6.45) is 2.57. The van der Waals surface area contributed by atoms with Crippen LogP contribution in [0.25, 0.3) is 0 Å². The quantitative estimate of drug-likeness (QED) is 0.819. The molecule has 0 aromatic heterocycles. The van der Waals surface area contributed by atoms with Gasteiger partial charge in [0.15, 0.2) is 0 Å². The maximum Gasteiger partial charge on any atom is 0.311 e. The summed E-state index contributed by atoms with van der Waals surface area (Å²) in [5.41, 5.74) is 1.07. The molecule has 5 heteroatoms. The molecule has 1 aromatic carbocycles. The van der Waals surface area contributed by atoms with Crippen LogP contribution in [0.5, 0.6) is 0 Å². The number of halogens is 1. The van der Waals surface area contributed by atoms with Crippen LogP contribution in [0.4, 0.5) is 0 Å². The lowest BCUT2D eigenvalue weighted by Gasteiger charge is -2.16. The molecular formula is C15H21ClN2O2. The third-order valence-corrected chi connectivity index (χ3v) is 3.25. The molecule has 0 fully saturated rings. The predicted octanol–water partition coefficient (Wildman–Crippen LogP) is 2.26. The number of benzene rings is 1. The topological polar surface area (TPSA) is 49.4 Å². The van der Waals surface area contributed by atoms with E-state index in [1.807, 2.05) is 31.2 Å². The van der Waals surface area contributed by atoms with Crippen LogP contribution in [0.3, 0.4) is 0 Å². The molecule has 0 aliphatic heterocycles. The van der Waals surface area contributed by atoms with Crippen molar-refractivity contribution >= 4 is 23.4 Å². The molecule has 0 spiro atoms. The molecule has 20 heavy (non-hydrogen) atoms. The van der Waals surface area contributed by atoms with Crippen LogP contribution < -0.4 is 5.32 Å². The monoisotopic (exact) mass is 296 g/mol. The van der Waals surface area contributed by atoms with Gasteiger partial charge in [-0.15, -0.1) is 0 Å². The average Bonchev–Trinajstić information content (AvgIpc) is 2.45. The Hall–Kier alpha value is -1.55. The zero-order valence-electron chi connectivity index (χ0n) is 12.0. The van der Waals surface area contributed by atoms with Crippen LogP contribution in [-0.4, -0.2) is 36.9 Å². The van der Waals surface area contributed by atoms with E-state index in [4.69, 9.17) is 11.6 Å². The van der Waals surface area contributed by atoms with E-state index in [1.165, 1.54) is 4.90 Å². The van der Waals surface area contributed by atoms with Gasteiger partial charge in [0.05, 0.1) is 0 Å². The largest absolute Gasteiger partial charge is 0.347 e. The van der Waals surface area contributed by atoms with E-state index in [2.05, 4.69) is 5.32 Å². The third kappa shape index (κ3) is 5.61. The van der Waals surface area contributed by atoms with Crippen molar-refractivity contribution in [2.45, 2.75) is 26.2 Å². The number of nitrogens with zero attached hydrogens (tertiary/aromatic N) is 1. The molecule has 1 rings (SSSR count). The summed E-state index contributed by atoms with van der Waals surface area (Å²) in [7, 11) is 1.65. The van der Waals surface area contributed by atoms with E-state index in [-0.39, 0.29) is 0 Å². The lowest BCUT2D eigenvalue weighted by molar-refractivity contribution is -0.145. The minimum absolute atomic E-state index is 0.438. The molecule has 0 aliphatic carbocycles. The van der Waals surface area contributed by atoms with Gasteiger partial charge >= 0.3 is 11.8 Å². The Morgan fingerprint density at radius 2 is 1.90 bits per heavy atom. The van der Waals surface area contributed by atoms with Gasteiger partial charge in [-0.05, 0) is 30.5 Å². The molecule has 0 aliphatic rings. The first-order chi connectivity index (χ1) is 9.54. The maximum atomic E-state index is 11.7. The zero-order chi connectivity index (χ0) is 15.0. The van der Waals surface area contributed by atoms with Gasteiger partial charge in [-0.25, -0.2) is 0 Å². The van der Waals surface area contributed by atoms with Gasteiger partial charge in [0.2, 0.25) is 0 Å². The molecular weight excluding hydrogens is 276 g/mol. The molecule has 4 nitrogen and oxygen atoms in total. The van der Waals surface area contributed by atoms with E-state index in [1.54, 1.807) is 7.05 Å². The second-order valence-electron chi connectivity index (χ2n) is 4.71. The Morgan fingerprint density at radius 1 is 1.25 bits per heavy atom. The van der Waals surface area contributed by atoms with Crippen molar-refractivity contribution in [2.24, 2.45) is 0 Å². The number of amides is 2. The van der Waals surface area contributed by atoms with Crippen LogP contribution in [0.1, 0.15) is 25.3 Å². The van der Waals surface area contributed by atoms with Crippen LogP contribution in [0.2, 0.25) is 5.02 Å². The van der Waals surface area contributed by atoms with E-state index in [0.717, 1.165) is 18.4 Å². The summed E-state index contributed by atoms with van der Waals surface area (Å²) in [5.74, 6) is -1.02. The number of likely N-dealkylation sites (N-methyl/N-ethyl adjacent to an activating group) is 1.